The van der Waals surface area contributed by atoms with Crippen LogP contribution in [0.25, 0.3) is 0 Å². The van der Waals surface area contributed by atoms with E-state index >= 15 is 0 Å². The van der Waals surface area contributed by atoms with Crippen molar-refractivity contribution >= 4 is 34.8 Å². The highest BCUT2D eigenvalue weighted by molar-refractivity contribution is 6.30. The first-order valence-electron chi connectivity index (χ1n) is 8.75. The molecule has 0 aliphatic carbocycles. The van der Waals surface area contributed by atoms with E-state index in [0.717, 1.165) is 0 Å². The van der Waals surface area contributed by atoms with Gasteiger partial charge in [-0.15, -0.1) is 0 Å². The summed E-state index contributed by atoms with van der Waals surface area (Å²) in [6.45, 7) is -0.244. The molecule has 0 bridgehead atoms. The summed E-state index contributed by atoms with van der Waals surface area (Å²) in [6.07, 6.45) is 0. The molecule has 0 saturated carbocycles. The Morgan fingerprint density at radius 2 is 1.50 bits per heavy atom. The van der Waals surface area contributed by atoms with E-state index in [-0.39, 0.29) is 24.0 Å². The van der Waals surface area contributed by atoms with Gasteiger partial charge in [0.1, 0.15) is 18.4 Å². The first-order chi connectivity index (χ1) is 13.6. The van der Waals surface area contributed by atoms with Crippen molar-refractivity contribution in [3.05, 3.63) is 95.3 Å². The minimum Gasteiger partial charge on any atom is -0.298 e. The van der Waals surface area contributed by atoms with Gasteiger partial charge in [-0.05, 0) is 42.0 Å². The molecule has 3 aromatic rings. The van der Waals surface area contributed by atoms with Gasteiger partial charge in [0.2, 0.25) is 5.91 Å². The van der Waals surface area contributed by atoms with Crippen LogP contribution < -0.4 is 9.80 Å². The zero-order valence-corrected chi connectivity index (χ0v) is 15.5. The van der Waals surface area contributed by atoms with E-state index in [2.05, 4.69) is 0 Å². The molecule has 4 rings (SSSR count). The van der Waals surface area contributed by atoms with Gasteiger partial charge in [-0.1, -0.05) is 54.1 Å². The van der Waals surface area contributed by atoms with Crippen molar-refractivity contribution in [1.82, 2.24) is 0 Å². The number of anilines is 2. The molecule has 0 aromatic heterocycles. The SMILES string of the molecule is O=C1[C@@H](c2ccccc2)N(c2ccc(Cl)cc2)C(=O)CN1c1ccccc1F. The highest BCUT2D eigenvalue weighted by Gasteiger charge is 2.42. The van der Waals surface area contributed by atoms with Crippen LogP contribution in [0.1, 0.15) is 11.6 Å². The van der Waals surface area contributed by atoms with Gasteiger partial charge < -0.3 is 0 Å². The van der Waals surface area contributed by atoms with Crippen LogP contribution in [0.3, 0.4) is 0 Å². The average molecular weight is 395 g/mol. The van der Waals surface area contributed by atoms with Gasteiger partial charge in [-0.25, -0.2) is 4.39 Å². The molecular formula is C22H16ClFN2O2. The Morgan fingerprint density at radius 3 is 2.18 bits per heavy atom. The summed E-state index contributed by atoms with van der Waals surface area (Å²) < 4.78 is 14.3. The Bertz CT molecular complexity index is 1020. The minimum atomic E-state index is -0.900. The first kappa shape index (κ1) is 18.2. The summed E-state index contributed by atoms with van der Waals surface area (Å²) in [5, 5.41) is 0.531. The van der Waals surface area contributed by atoms with Gasteiger partial charge in [0.05, 0.1) is 5.69 Å². The van der Waals surface area contributed by atoms with Crippen molar-refractivity contribution in [3.8, 4) is 0 Å². The lowest BCUT2D eigenvalue weighted by Gasteiger charge is -2.40. The smallest absolute Gasteiger partial charge is 0.255 e. The maximum absolute atomic E-state index is 14.3. The highest BCUT2D eigenvalue weighted by Crippen LogP contribution is 2.35. The molecule has 1 aliphatic heterocycles. The Morgan fingerprint density at radius 1 is 0.857 bits per heavy atom. The summed E-state index contributed by atoms with van der Waals surface area (Å²) in [6, 6.07) is 20.8. The topological polar surface area (TPSA) is 40.6 Å². The van der Waals surface area contributed by atoms with Gasteiger partial charge in [-0.3, -0.25) is 19.4 Å². The Hall–Kier alpha value is -3.18. The minimum absolute atomic E-state index is 0.0949. The number of para-hydroxylation sites is 1. The number of carbonyl (C=O) groups is 2. The van der Waals surface area contributed by atoms with Crippen LogP contribution in [-0.2, 0) is 9.59 Å². The molecule has 4 nitrogen and oxygen atoms in total. The van der Waals surface area contributed by atoms with E-state index in [9.17, 15) is 14.0 Å². The molecule has 140 valence electrons. The number of benzene rings is 3. The van der Waals surface area contributed by atoms with Gasteiger partial charge in [-0.2, -0.15) is 0 Å². The van der Waals surface area contributed by atoms with Crippen LogP contribution in [0.15, 0.2) is 78.9 Å². The van der Waals surface area contributed by atoms with Crippen molar-refractivity contribution in [1.29, 1.82) is 0 Å². The van der Waals surface area contributed by atoms with Crippen LogP contribution >= 0.6 is 11.6 Å². The number of carbonyl (C=O) groups excluding carboxylic acids is 2. The third-order valence-corrected chi connectivity index (χ3v) is 4.94. The predicted octanol–water partition coefficient (Wildman–Crippen LogP) is 4.60. The van der Waals surface area contributed by atoms with Crippen LogP contribution in [0.2, 0.25) is 5.02 Å². The van der Waals surface area contributed by atoms with Gasteiger partial charge in [0.15, 0.2) is 0 Å². The van der Waals surface area contributed by atoms with E-state index in [1.54, 1.807) is 60.7 Å². The lowest BCUT2D eigenvalue weighted by molar-refractivity contribution is -0.128. The van der Waals surface area contributed by atoms with Crippen LogP contribution in [-0.4, -0.2) is 18.4 Å². The zero-order chi connectivity index (χ0) is 19.7. The molecule has 3 aromatic carbocycles. The molecule has 2 amide bonds. The molecule has 28 heavy (non-hydrogen) atoms. The Kier molecular flexibility index (Phi) is 4.84. The van der Waals surface area contributed by atoms with Crippen molar-refractivity contribution < 1.29 is 14.0 Å². The van der Waals surface area contributed by atoms with Crippen LogP contribution in [0, 0.1) is 5.82 Å². The summed E-state index contributed by atoms with van der Waals surface area (Å²) in [5.41, 5.74) is 1.30. The number of rotatable bonds is 3. The van der Waals surface area contributed by atoms with Crippen molar-refractivity contribution in [2.75, 3.05) is 16.3 Å². The van der Waals surface area contributed by atoms with Gasteiger partial charge in [0.25, 0.3) is 5.91 Å². The molecule has 1 atom stereocenters. The maximum Gasteiger partial charge on any atom is 0.255 e. The normalized spacial score (nSPS) is 17.1. The number of piperazine rings is 1. The molecule has 0 radical (unpaired) electrons. The average Bonchev–Trinajstić information content (AvgIpc) is 2.71. The number of hydrogen-bond donors (Lipinski definition) is 0. The maximum atomic E-state index is 14.3. The molecule has 1 saturated heterocycles. The molecular weight excluding hydrogens is 379 g/mol. The standard InChI is InChI=1S/C22H16ClFN2O2/c23-16-10-12-17(13-11-16)26-20(27)14-25(19-9-5-4-8-18(19)24)22(28)21(26)15-6-2-1-3-7-15/h1-13,21H,14H2/t21-/m1/s1. The number of hydrogen-bond acceptors (Lipinski definition) is 2. The molecule has 1 heterocycles. The molecule has 1 fully saturated rings. The zero-order valence-electron chi connectivity index (χ0n) is 14.8. The highest BCUT2D eigenvalue weighted by atomic mass is 35.5. The van der Waals surface area contributed by atoms with Crippen molar-refractivity contribution in [2.45, 2.75) is 6.04 Å². The molecule has 1 aliphatic rings. The van der Waals surface area contributed by atoms with E-state index in [1.165, 1.54) is 21.9 Å². The van der Waals surface area contributed by atoms with E-state index in [0.29, 0.717) is 16.3 Å². The fourth-order valence-corrected chi connectivity index (χ4v) is 3.51. The quantitative estimate of drug-likeness (QED) is 0.651. The van der Waals surface area contributed by atoms with Gasteiger partial charge >= 0.3 is 0 Å². The monoisotopic (exact) mass is 394 g/mol. The Balaban J connectivity index is 1.82. The van der Waals surface area contributed by atoms with Crippen LogP contribution in [0.4, 0.5) is 15.8 Å². The lowest BCUT2D eigenvalue weighted by atomic mass is 9.99. The number of amides is 2. The predicted molar refractivity (Wildman–Crippen MR) is 107 cm³/mol. The van der Waals surface area contributed by atoms with E-state index < -0.39 is 11.9 Å². The summed E-state index contributed by atoms with van der Waals surface area (Å²) in [4.78, 5) is 29.2. The summed E-state index contributed by atoms with van der Waals surface area (Å²) >= 11 is 5.97. The van der Waals surface area contributed by atoms with Gasteiger partial charge in [0, 0.05) is 10.7 Å². The fourth-order valence-electron chi connectivity index (χ4n) is 3.39. The first-order valence-corrected chi connectivity index (χ1v) is 9.12. The molecule has 0 spiro atoms. The van der Waals surface area contributed by atoms with Crippen molar-refractivity contribution in [3.63, 3.8) is 0 Å². The Labute approximate surface area is 166 Å². The van der Waals surface area contributed by atoms with E-state index in [4.69, 9.17) is 11.6 Å². The fraction of sp³-hybridized carbons (Fsp3) is 0.0909. The second-order valence-electron chi connectivity index (χ2n) is 6.43. The summed E-state index contributed by atoms with van der Waals surface area (Å²) in [5.74, 6) is -1.22. The molecule has 0 N–H and O–H groups in total. The summed E-state index contributed by atoms with van der Waals surface area (Å²) in [7, 11) is 0. The molecule has 0 unspecified atom stereocenters. The third kappa shape index (κ3) is 3.25. The van der Waals surface area contributed by atoms with Crippen molar-refractivity contribution in [2.24, 2.45) is 0 Å². The number of nitrogens with zero attached hydrogens (tertiary/aromatic N) is 2. The number of halogens is 2. The molecule has 6 heteroatoms. The largest absolute Gasteiger partial charge is 0.298 e. The lowest BCUT2D eigenvalue weighted by Crippen LogP contribution is -2.56. The third-order valence-electron chi connectivity index (χ3n) is 4.68. The van der Waals surface area contributed by atoms with Crippen LogP contribution in [0.5, 0.6) is 0 Å². The van der Waals surface area contributed by atoms with E-state index in [1.807, 2.05) is 6.07 Å². The second-order valence-corrected chi connectivity index (χ2v) is 6.87. The second kappa shape index (κ2) is 7.44.